The fraction of sp³-hybridized carbons (Fsp3) is 0.533. The molecule has 0 bridgehead atoms. The monoisotopic (exact) mass is 350 g/mol. The van der Waals surface area contributed by atoms with Crippen molar-refractivity contribution in [3.05, 3.63) is 35.1 Å². The van der Waals surface area contributed by atoms with Crippen LogP contribution in [0.2, 0.25) is 0 Å². The van der Waals surface area contributed by atoms with Crippen LogP contribution < -0.4 is 5.32 Å². The zero-order valence-electron chi connectivity index (χ0n) is 12.3. The zero-order chi connectivity index (χ0) is 15.9. The lowest BCUT2D eigenvalue weighted by Crippen LogP contribution is -2.72. The molecule has 0 spiro atoms. The first kappa shape index (κ1) is 18.0. The van der Waals surface area contributed by atoms with Crippen molar-refractivity contribution in [1.29, 1.82) is 0 Å². The second-order valence-electron chi connectivity index (χ2n) is 5.99. The summed E-state index contributed by atoms with van der Waals surface area (Å²) >= 11 is 0. The van der Waals surface area contributed by atoms with Gasteiger partial charge in [0.25, 0.3) is 5.91 Å². The van der Waals surface area contributed by atoms with E-state index in [1.807, 2.05) is 0 Å². The molecule has 1 amide bonds. The van der Waals surface area contributed by atoms with Crippen molar-refractivity contribution in [2.75, 3.05) is 19.6 Å². The number of hydrogen-bond donors (Lipinski definition) is 2. The number of nitrogens with one attached hydrogen (secondary N) is 1. The maximum Gasteiger partial charge on any atom is 0.257 e. The van der Waals surface area contributed by atoms with E-state index in [9.17, 15) is 23.1 Å². The van der Waals surface area contributed by atoms with Crippen molar-refractivity contribution in [3.63, 3.8) is 0 Å². The fourth-order valence-corrected chi connectivity index (χ4v) is 3.15. The molecule has 0 radical (unpaired) electrons. The molecule has 0 saturated carbocycles. The summed E-state index contributed by atoms with van der Waals surface area (Å²) in [6.45, 7) is 0.933. The summed E-state index contributed by atoms with van der Waals surface area (Å²) in [6, 6.07) is 1.55. The number of benzene rings is 1. The summed E-state index contributed by atoms with van der Waals surface area (Å²) in [6.07, 6.45) is 2.87. The molecule has 8 heteroatoms. The maximum atomic E-state index is 13.6. The van der Waals surface area contributed by atoms with Gasteiger partial charge in [0.05, 0.1) is 18.7 Å². The predicted octanol–water partition coefficient (Wildman–Crippen LogP) is 1.85. The Kier molecular flexibility index (Phi) is 5.23. The van der Waals surface area contributed by atoms with Crippen LogP contribution in [0, 0.1) is 17.5 Å². The van der Waals surface area contributed by atoms with Gasteiger partial charge in [-0.15, -0.1) is 12.4 Å². The van der Waals surface area contributed by atoms with E-state index in [1.54, 1.807) is 0 Å². The molecule has 2 fully saturated rings. The number of nitrogens with zero attached hydrogens (tertiary/aromatic N) is 1. The number of aliphatic hydroxyl groups is 1. The molecule has 2 N–H and O–H groups in total. The third-order valence-corrected chi connectivity index (χ3v) is 4.44. The fourth-order valence-electron chi connectivity index (χ4n) is 3.15. The van der Waals surface area contributed by atoms with Crippen LogP contribution in [0.25, 0.3) is 0 Å². The number of amides is 1. The van der Waals surface area contributed by atoms with Crippen molar-refractivity contribution in [3.8, 4) is 0 Å². The molecule has 23 heavy (non-hydrogen) atoms. The van der Waals surface area contributed by atoms with Crippen LogP contribution in [0.4, 0.5) is 13.2 Å². The summed E-state index contributed by atoms with van der Waals surface area (Å²) in [5.74, 6) is -5.22. The topological polar surface area (TPSA) is 52.6 Å². The third kappa shape index (κ3) is 3.18. The van der Waals surface area contributed by atoms with Crippen molar-refractivity contribution < 1.29 is 23.1 Å². The Morgan fingerprint density at radius 3 is 2.52 bits per heavy atom. The normalized spacial score (nSPS) is 23.0. The van der Waals surface area contributed by atoms with Crippen LogP contribution in [0.5, 0.6) is 0 Å². The van der Waals surface area contributed by atoms with Crippen molar-refractivity contribution in [1.82, 2.24) is 10.2 Å². The predicted molar refractivity (Wildman–Crippen MR) is 80.1 cm³/mol. The molecule has 0 aliphatic carbocycles. The third-order valence-electron chi connectivity index (χ3n) is 4.44. The van der Waals surface area contributed by atoms with Gasteiger partial charge in [-0.2, -0.15) is 0 Å². The van der Waals surface area contributed by atoms with E-state index >= 15 is 0 Å². The first-order valence-corrected chi connectivity index (χ1v) is 7.31. The molecule has 2 saturated heterocycles. The molecule has 1 unspecified atom stereocenters. The summed E-state index contributed by atoms with van der Waals surface area (Å²) in [7, 11) is 0. The number of carbonyl (C=O) groups excluding carboxylic acids is 1. The van der Waals surface area contributed by atoms with Crippen molar-refractivity contribution >= 4 is 18.3 Å². The van der Waals surface area contributed by atoms with E-state index in [0.717, 1.165) is 37.9 Å². The first-order valence-electron chi connectivity index (χ1n) is 7.31. The first-order chi connectivity index (χ1) is 10.4. The lowest BCUT2D eigenvalue weighted by atomic mass is 9.81. The molecule has 2 heterocycles. The van der Waals surface area contributed by atoms with Gasteiger partial charge >= 0.3 is 0 Å². The lowest BCUT2D eigenvalue weighted by Gasteiger charge is -2.51. The molecule has 128 valence electrons. The highest BCUT2D eigenvalue weighted by Gasteiger charge is 2.49. The van der Waals surface area contributed by atoms with E-state index < -0.39 is 34.5 Å². The van der Waals surface area contributed by atoms with Gasteiger partial charge in [-0.25, -0.2) is 13.2 Å². The van der Waals surface area contributed by atoms with E-state index in [0.29, 0.717) is 0 Å². The summed E-state index contributed by atoms with van der Waals surface area (Å²) in [4.78, 5) is 13.4. The highest BCUT2D eigenvalue weighted by atomic mass is 35.5. The summed E-state index contributed by atoms with van der Waals surface area (Å²) in [5.41, 5.74) is -1.55. The average Bonchev–Trinajstić information content (AvgIpc) is 2.50. The second kappa shape index (κ2) is 6.67. The van der Waals surface area contributed by atoms with Crippen LogP contribution in [-0.4, -0.2) is 47.2 Å². The van der Waals surface area contributed by atoms with Gasteiger partial charge < -0.3 is 15.3 Å². The lowest BCUT2D eigenvalue weighted by molar-refractivity contribution is -0.108. The Morgan fingerprint density at radius 1 is 1.22 bits per heavy atom. The SMILES string of the molecule is Cl.O=C(c1ccc(F)c(F)c1F)N1CC(O)(C2CCCCN2)C1. The van der Waals surface area contributed by atoms with Gasteiger partial charge in [0.1, 0.15) is 5.60 Å². The van der Waals surface area contributed by atoms with E-state index in [4.69, 9.17) is 0 Å². The molecule has 2 aliphatic rings. The van der Waals surface area contributed by atoms with Crippen LogP contribution in [0.1, 0.15) is 29.6 Å². The van der Waals surface area contributed by atoms with Gasteiger partial charge in [0.2, 0.25) is 0 Å². The zero-order valence-corrected chi connectivity index (χ0v) is 13.1. The van der Waals surface area contributed by atoms with Crippen LogP contribution in [0.3, 0.4) is 0 Å². The Bertz CT molecular complexity index is 603. The van der Waals surface area contributed by atoms with Gasteiger partial charge in [0, 0.05) is 6.04 Å². The summed E-state index contributed by atoms with van der Waals surface area (Å²) in [5, 5.41) is 13.7. The minimum atomic E-state index is -1.66. The van der Waals surface area contributed by atoms with Crippen molar-refractivity contribution in [2.45, 2.75) is 30.9 Å². The highest BCUT2D eigenvalue weighted by Crippen LogP contribution is 2.30. The number of hydrogen-bond acceptors (Lipinski definition) is 3. The number of rotatable bonds is 2. The summed E-state index contributed by atoms with van der Waals surface area (Å²) < 4.78 is 39.7. The molecular formula is C15H18ClF3N2O2. The largest absolute Gasteiger partial charge is 0.385 e. The molecule has 1 aromatic carbocycles. The number of likely N-dealkylation sites (tertiary alicyclic amines) is 1. The maximum absolute atomic E-state index is 13.6. The molecule has 0 aromatic heterocycles. The Hall–Kier alpha value is -1.31. The quantitative estimate of drug-likeness (QED) is 0.800. The van der Waals surface area contributed by atoms with Crippen molar-refractivity contribution in [2.24, 2.45) is 0 Å². The van der Waals surface area contributed by atoms with Gasteiger partial charge in [-0.05, 0) is 31.5 Å². The van der Waals surface area contributed by atoms with Crippen LogP contribution in [-0.2, 0) is 0 Å². The molecule has 4 nitrogen and oxygen atoms in total. The highest BCUT2D eigenvalue weighted by molar-refractivity contribution is 5.95. The second-order valence-corrected chi connectivity index (χ2v) is 5.99. The number of carbonyl (C=O) groups is 1. The van der Waals surface area contributed by atoms with Gasteiger partial charge in [-0.1, -0.05) is 6.42 Å². The molecular weight excluding hydrogens is 333 g/mol. The van der Waals surface area contributed by atoms with Crippen LogP contribution >= 0.6 is 12.4 Å². The van der Waals surface area contributed by atoms with Crippen LogP contribution in [0.15, 0.2) is 12.1 Å². The molecule has 2 aliphatic heterocycles. The Labute approximate surface area is 138 Å². The average molecular weight is 351 g/mol. The smallest absolute Gasteiger partial charge is 0.257 e. The van der Waals surface area contributed by atoms with Gasteiger partial charge in [0.15, 0.2) is 17.5 Å². The Balaban J connectivity index is 0.00000192. The minimum absolute atomic E-state index is 0. The Morgan fingerprint density at radius 2 is 1.91 bits per heavy atom. The van der Waals surface area contributed by atoms with E-state index in [2.05, 4.69) is 5.32 Å². The number of β-amino-alcohol motifs (C(OH)–C–C–N with tert-alkyl or cyclic N) is 1. The minimum Gasteiger partial charge on any atom is -0.385 e. The molecule has 1 aromatic rings. The number of halogens is 4. The molecule has 1 atom stereocenters. The van der Waals surface area contributed by atoms with Gasteiger partial charge in [-0.3, -0.25) is 4.79 Å². The molecule has 3 rings (SSSR count). The van der Waals surface area contributed by atoms with E-state index in [-0.39, 0.29) is 31.5 Å². The van der Waals surface area contributed by atoms with E-state index in [1.165, 1.54) is 4.90 Å². The number of piperidine rings is 1. The standard InChI is InChI=1S/C15H17F3N2O2.ClH/c16-10-5-4-9(12(17)13(10)18)14(21)20-7-15(22,8-20)11-3-1-2-6-19-11;/h4-5,11,19,22H,1-3,6-8H2;1H.